The Labute approximate surface area is 104 Å². The largest absolute Gasteiger partial charge is 0.342 e. The van der Waals surface area contributed by atoms with Gasteiger partial charge in [-0.1, -0.05) is 19.3 Å². The number of nitrogens with zero attached hydrogens (tertiary/aromatic N) is 1. The van der Waals surface area contributed by atoms with Crippen LogP contribution in [0.15, 0.2) is 0 Å². The monoisotopic (exact) mass is 237 g/mol. The molecule has 96 valence electrons. The fourth-order valence-electron chi connectivity index (χ4n) is 3.36. The third kappa shape index (κ3) is 3.08. The highest BCUT2D eigenvalue weighted by Crippen LogP contribution is 2.44. The first kappa shape index (κ1) is 12.6. The fourth-order valence-corrected chi connectivity index (χ4v) is 3.36. The highest BCUT2D eigenvalue weighted by molar-refractivity contribution is 5.96. The van der Waals surface area contributed by atoms with Crippen LogP contribution >= 0.6 is 0 Å². The normalized spacial score (nSPS) is 23.7. The quantitative estimate of drug-likeness (QED) is 0.692. The molecular formula is C14H23NO2. The highest BCUT2D eigenvalue weighted by atomic mass is 16.2. The number of likely N-dealkylation sites (tertiary alicyclic amines) is 1. The Balaban J connectivity index is 1.84. The Bertz CT molecular complexity index is 295. The van der Waals surface area contributed by atoms with Crippen molar-refractivity contribution in [2.45, 2.75) is 58.3 Å². The van der Waals surface area contributed by atoms with Crippen LogP contribution in [0.1, 0.15) is 58.3 Å². The molecule has 2 rings (SSSR count). The van der Waals surface area contributed by atoms with Gasteiger partial charge in [-0.2, -0.15) is 0 Å². The Morgan fingerprint density at radius 3 is 2.12 bits per heavy atom. The first-order valence-electron chi connectivity index (χ1n) is 6.89. The molecule has 1 aliphatic carbocycles. The number of hydrogen-bond acceptors (Lipinski definition) is 2. The lowest BCUT2D eigenvalue weighted by Crippen LogP contribution is -2.44. The van der Waals surface area contributed by atoms with Gasteiger partial charge in [0.15, 0.2) is 0 Å². The first-order chi connectivity index (χ1) is 8.11. The number of carbonyl (C=O) groups is 2. The van der Waals surface area contributed by atoms with E-state index in [1.165, 1.54) is 39.0 Å². The molecule has 2 fully saturated rings. The fraction of sp³-hybridized carbons (Fsp3) is 0.857. The SMILES string of the molecule is CC(=O)CC(=O)N1CCC2(CCCCC2)CC1. The molecule has 0 radical (unpaired) electrons. The lowest BCUT2D eigenvalue weighted by molar-refractivity contribution is -0.137. The van der Waals surface area contributed by atoms with E-state index in [2.05, 4.69) is 0 Å². The lowest BCUT2D eigenvalue weighted by atomic mass is 9.68. The van der Waals surface area contributed by atoms with Crippen molar-refractivity contribution in [3.8, 4) is 0 Å². The van der Waals surface area contributed by atoms with Crippen LogP contribution in [0.5, 0.6) is 0 Å². The molecule has 3 heteroatoms. The van der Waals surface area contributed by atoms with E-state index in [1.54, 1.807) is 0 Å². The Morgan fingerprint density at radius 2 is 1.59 bits per heavy atom. The highest BCUT2D eigenvalue weighted by Gasteiger charge is 2.36. The van der Waals surface area contributed by atoms with Crippen LogP contribution in [0.25, 0.3) is 0 Å². The summed E-state index contributed by atoms with van der Waals surface area (Å²) >= 11 is 0. The molecule has 0 unspecified atom stereocenters. The van der Waals surface area contributed by atoms with E-state index in [9.17, 15) is 9.59 Å². The van der Waals surface area contributed by atoms with Gasteiger partial charge < -0.3 is 4.90 Å². The molecule has 3 nitrogen and oxygen atoms in total. The molecule has 0 aromatic heterocycles. The third-order valence-corrected chi connectivity index (χ3v) is 4.49. The summed E-state index contributed by atoms with van der Waals surface area (Å²) in [6.07, 6.45) is 9.20. The zero-order chi connectivity index (χ0) is 12.3. The summed E-state index contributed by atoms with van der Waals surface area (Å²) in [5.74, 6) is 0.0103. The van der Waals surface area contributed by atoms with Crippen LogP contribution in [0, 0.1) is 5.41 Å². The van der Waals surface area contributed by atoms with Crippen molar-refractivity contribution in [3.05, 3.63) is 0 Å². The lowest BCUT2D eigenvalue weighted by Gasteiger charge is -2.44. The van der Waals surface area contributed by atoms with Gasteiger partial charge in [-0.3, -0.25) is 9.59 Å². The molecule has 2 aliphatic rings. The summed E-state index contributed by atoms with van der Waals surface area (Å²) < 4.78 is 0. The molecular weight excluding hydrogens is 214 g/mol. The van der Waals surface area contributed by atoms with Crippen LogP contribution in [0.3, 0.4) is 0 Å². The molecule has 17 heavy (non-hydrogen) atoms. The van der Waals surface area contributed by atoms with Crippen LogP contribution in [0.2, 0.25) is 0 Å². The maximum absolute atomic E-state index is 11.8. The minimum absolute atomic E-state index is 0.0204. The molecule has 1 spiro atoms. The predicted octanol–water partition coefficient (Wildman–Crippen LogP) is 2.54. The molecule has 0 N–H and O–H groups in total. The van der Waals surface area contributed by atoms with Crippen molar-refractivity contribution < 1.29 is 9.59 Å². The van der Waals surface area contributed by atoms with Gasteiger partial charge in [0, 0.05) is 13.1 Å². The number of carbonyl (C=O) groups excluding carboxylic acids is 2. The zero-order valence-corrected chi connectivity index (χ0v) is 10.8. The minimum Gasteiger partial charge on any atom is -0.342 e. The summed E-state index contributed by atoms with van der Waals surface area (Å²) in [4.78, 5) is 24.6. The second-order valence-corrected chi connectivity index (χ2v) is 5.82. The van der Waals surface area contributed by atoms with E-state index in [1.807, 2.05) is 4.90 Å². The van der Waals surface area contributed by atoms with Gasteiger partial charge in [-0.05, 0) is 38.0 Å². The van der Waals surface area contributed by atoms with Crippen molar-refractivity contribution in [1.29, 1.82) is 0 Å². The van der Waals surface area contributed by atoms with E-state index < -0.39 is 0 Å². The van der Waals surface area contributed by atoms with Gasteiger partial charge >= 0.3 is 0 Å². The minimum atomic E-state index is -0.0204. The van der Waals surface area contributed by atoms with Crippen molar-refractivity contribution in [2.24, 2.45) is 5.41 Å². The van der Waals surface area contributed by atoms with Crippen molar-refractivity contribution in [2.75, 3.05) is 13.1 Å². The van der Waals surface area contributed by atoms with E-state index in [0.717, 1.165) is 25.9 Å². The Kier molecular flexibility index (Phi) is 3.85. The molecule has 0 aromatic carbocycles. The topological polar surface area (TPSA) is 37.4 Å². The average molecular weight is 237 g/mol. The Morgan fingerprint density at radius 1 is 1.00 bits per heavy atom. The summed E-state index contributed by atoms with van der Waals surface area (Å²) in [7, 11) is 0. The first-order valence-corrected chi connectivity index (χ1v) is 6.89. The van der Waals surface area contributed by atoms with Gasteiger partial charge in [0.25, 0.3) is 0 Å². The van der Waals surface area contributed by atoms with Crippen LogP contribution in [-0.4, -0.2) is 29.7 Å². The maximum atomic E-state index is 11.8. The molecule has 0 atom stereocenters. The van der Waals surface area contributed by atoms with Crippen LogP contribution in [0.4, 0.5) is 0 Å². The third-order valence-electron chi connectivity index (χ3n) is 4.49. The van der Waals surface area contributed by atoms with Crippen LogP contribution < -0.4 is 0 Å². The van der Waals surface area contributed by atoms with Crippen LogP contribution in [-0.2, 0) is 9.59 Å². The summed E-state index contributed by atoms with van der Waals surface area (Å²) in [5, 5.41) is 0. The zero-order valence-electron chi connectivity index (χ0n) is 10.8. The summed E-state index contributed by atoms with van der Waals surface area (Å²) in [6, 6.07) is 0. The predicted molar refractivity (Wildman–Crippen MR) is 66.6 cm³/mol. The van der Waals surface area contributed by atoms with Gasteiger partial charge in [0.05, 0.1) is 6.42 Å². The Hall–Kier alpha value is -0.860. The summed E-state index contributed by atoms with van der Waals surface area (Å²) in [5.41, 5.74) is 0.533. The van der Waals surface area contributed by atoms with Crippen molar-refractivity contribution >= 4 is 11.7 Å². The van der Waals surface area contributed by atoms with Gasteiger partial charge in [0.2, 0.25) is 5.91 Å². The van der Waals surface area contributed by atoms with E-state index in [-0.39, 0.29) is 18.1 Å². The molecule has 1 aliphatic heterocycles. The molecule has 1 saturated carbocycles. The van der Waals surface area contributed by atoms with E-state index in [0.29, 0.717) is 5.41 Å². The molecule has 1 saturated heterocycles. The van der Waals surface area contributed by atoms with E-state index >= 15 is 0 Å². The number of Topliss-reactive ketones (excluding diaryl/α,β-unsaturated/α-hetero) is 1. The molecule has 0 aromatic rings. The van der Waals surface area contributed by atoms with E-state index in [4.69, 9.17) is 0 Å². The second kappa shape index (κ2) is 5.19. The number of rotatable bonds is 2. The average Bonchev–Trinajstić information content (AvgIpc) is 2.30. The summed E-state index contributed by atoms with van der Waals surface area (Å²) in [6.45, 7) is 3.22. The number of piperidine rings is 1. The number of amides is 1. The second-order valence-electron chi connectivity index (χ2n) is 5.82. The molecule has 0 bridgehead atoms. The van der Waals surface area contributed by atoms with Gasteiger partial charge in [-0.15, -0.1) is 0 Å². The maximum Gasteiger partial charge on any atom is 0.230 e. The molecule has 1 amide bonds. The van der Waals surface area contributed by atoms with Crippen molar-refractivity contribution in [1.82, 2.24) is 4.90 Å². The smallest absolute Gasteiger partial charge is 0.230 e. The van der Waals surface area contributed by atoms with Crippen molar-refractivity contribution in [3.63, 3.8) is 0 Å². The number of hydrogen-bond donors (Lipinski definition) is 0. The van der Waals surface area contributed by atoms with Gasteiger partial charge in [-0.25, -0.2) is 0 Å². The molecule has 1 heterocycles. The van der Waals surface area contributed by atoms with Gasteiger partial charge in [0.1, 0.15) is 5.78 Å². The number of ketones is 1. The standard InChI is InChI=1S/C14H23NO2/c1-12(16)11-13(17)15-9-7-14(8-10-15)5-3-2-4-6-14/h2-11H2,1H3.